The fourth-order valence-electron chi connectivity index (χ4n) is 4.81. The first-order chi connectivity index (χ1) is 13.8. The SMILES string of the molecule is CCC1C(c2cccc([N+](=O)[O-])c2)C=C(C)N(C)C1(C)N(C)Cc1ccccc1. The van der Waals surface area contributed by atoms with Crippen molar-refractivity contribution in [2.24, 2.45) is 5.92 Å². The summed E-state index contributed by atoms with van der Waals surface area (Å²) in [5.41, 5.74) is 3.41. The molecule has 3 unspecified atom stereocenters. The summed E-state index contributed by atoms with van der Waals surface area (Å²) in [7, 11) is 4.33. The zero-order valence-electron chi connectivity index (χ0n) is 18.0. The van der Waals surface area contributed by atoms with Gasteiger partial charge in [0, 0.05) is 43.3 Å². The van der Waals surface area contributed by atoms with Gasteiger partial charge in [0.15, 0.2) is 0 Å². The number of allylic oxidation sites excluding steroid dienone is 2. The monoisotopic (exact) mass is 393 g/mol. The Labute approximate surface area is 173 Å². The molecule has 1 aliphatic heterocycles. The lowest BCUT2D eigenvalue weighted by molar-refractivity contribution is -0.384. The van der Waals surface area contributed by atoms with Crippen LogP contribution in [0.2, 0.25) is 0 Å². The highest BCUT2D eigenvalue weighted by Crippen LogP contribution is 2.46. The Bertz CT molecular complexity index is 896. The van der Waals surface area contributed by atoms with E-state index >= 15 is 0 Å². The maximum absolute atomic E-state index is 11.3. The number of hydrogen-bond donors (Lipinski definition) is 0. The van der Waals surface area contributed by atoms with E-state index in [1.165, 1.54) is 11.3 Å². The van der Waals surface area contributed by atoms with Crippen LogP contribution in [0.4, 0.5) is 5.69 Å². The first-order valence-corrected chi connectivity index (χ1v) is 10.2. The molecule has 5 heteroatoms. The molecule has 0 radical (unpaired) electrons. The predicted molar refractivity (Wildman–Crippen MR) is 117 cm³/mol. The lowest BCUT2D eigenvalue weighted by Gasteiger charge is -2.56. The van der Waals surface area contributed by atoms with Crippen molar-refractivity contribution in [1.82, 2.24) is 9.80 Å². The number of non-ortho nitro benzene ring substituents is 1. The van der Waals surface area contributed by atoms with Gasteiger partial charge in [-0.15, -0.1) is 0 Å². The summed E-state index contributed by atoms with van der Waals surface area (Å²) in [4.78, 5) is 15.8. The van der Waals surface area contributed by atoms with Crippen molar-refractivity contribution in [1.29, 1.82) is 0 Å². The molecule has 3 atom stereocenters. The van der Waals surface area contributed by atoms with E-state index < -0.39 is 0 Å². The Morgan fingerprint density at radius 3 is 2.48 bits per heavy atom. The molecule has 29 heavy (non-hydrogen) atoms. The fourth-order valence-corrected chi connectivity index (χ4v) is 4.81. The number of nitro benzene ring substituents is 1. The quantitative estimate of drug-likeness (QED) is 0.487. The molecule has 0 saturated carbocycles. The molecule has 154 valence electrons. The number of rotatable bonds is 6. The van der Waals surface area contributed by atoms with E-state index in [-0.39, 0.29) is 28.1 Å². The molecule has 2 aromatic rings. The molecule has 0 bridgehead atoms. The average molecular weight is 394 g/mol. The van der Waals surface area contributed by atoms with Crippen LogP contribution in [-0.2, 0) is 6.54 Å². The predicted octanol–water partition coefficient (Wildman–Crippen LogP) is 5.40. The molecule has 0 N–H and O–H groups in total. The molecule has 1 aliphatic rings. The highest BCUT2D eigenvalue weighted by atomic mass is 16.6. The van der Waals surface area contributed by atoms with Gasteiger partial charge in [0.1, 0.15) is 0 Å². The molecule has 0 aromatic heterocycles. The summed E-state index contributed by atoms with van der Waals surface area (Å²) in [5, 5.41) is 11.3. The van der Waals surface area contributed by atoms with Gasteiger partial charge < -0.3 is 4.90 Å². The first-order valence-electron chi connectivity index (χ1n) is 10.2. The zero-order valence-corrected chi connectivity index (χ0v) is 18.0. The maximum atomic E-state index is 11.3. The summed E-state index contributed by atoms with van der Waals surface area (Å²) < 4.78 is 0. The van der Waals surface area contributed by atoms with Gasteiger partial charge in [0.05, 0.1) is 10.6 Å². The third kappa shape index (κ3) is 3.92. The number of benzene rings is 2. The summed E-state index contributed by atoms with van der Waals surface area (Å²) in [5.74, 6) is 0.409. The normalized spacial score (nSPS) is 24.5. The van der Waals surface area contributed by atoms with E-state index in [1.807, 2.05) is 12.1 Å². The highest BCUT2D eigenvalue weighted by Gasteiger charge is 2.47. The number of nitrogens with zero attached hydrogens (tertiary/aromatic N) is 3. The van der Waals surface area contributed by atoms with E-state index in [0.29, 0.717) is 0 Å². The molecule has 0 aliphatic carbocycles. The van der Waals surface area contributed by atoms with Gasteiger partial charge in [-0.25, -0.2) is 0 Å². The zero-order chi connectivity index (χ0) is 21.2. The van der Waals surface area contributed by atoms with Gasteiger partial charge in [-0.3, -0.25) is 15.0 Å². The minimum Gasteiger partial charge on any atom is -0.360 e. The van der Waals surface area contributed by atoms with E-state index in [4.69, 9.17) is 0 Å². The highest BCUT2D eigenvalue weighted by molar-refractivity contribution is 5.39. The summed E-state index contributed by atoms with van der Waals surface area (Å²) >= 11 is 0. The Kier molecular flexibility index (Phi) is 6.08. The van der Waals surface area contributed by atoms with Crippen molar-refractivity contribution in [2.45, 2.75) is 45.3 Å². The van der Waals surface area contributed by atoms with Crippen LogP contribution < -0.4 is 0 Å². The van der Waals surface area contributed by atoms with Crippen LogP contribution in [0.15, 0.2) is 66.4 Å². The molecule has 2 aromatic carbocycles. The number of nitro groups is 1. The Morgan fingerprint density at radius 1 is 1.17 bits per heavy atom. The molecule has 0 amide bonds. The molecular weight excluding hydrogens is 362 g/mol. The Balaban J connectivity index is 2.02. The van der Waals surface area contributed by atoms with E-state index in [9.17, 15) is 10.1 Å². The van der Waals surface area contributed by atoms with Crippen LogP contribution in [0.5, 0.6) is 0 Å². The van der Waals surface area contributed by atoms with Crippen molar-refractivity contribution < 1.29 is 4.92 Å². The van der Waals surface area contributed by atoms with Crippen molar-refractivity contribution in [2.75, 3.05) is 14.1 Å². The lowest BCUT2D eigenvalue weighted by atomic mass is 9.72. The second kappa shape index (κ2) is 8.37. The van der Waals surface area contributed by atoms with Crippen LogP contribution in [0.25, 0.3) is 0 Å². The topological polar surface area (TPSA) is 49.6 Å². The Hall–Kier alpha value is -2.66. The van der Waals surface area contributed by atoms with Gasteiger partial charge in [-0.1, -0.05) is 55.5 Å². The minimum absolute atomic E-state index is 0.124. The van der Waals surface area contributed by atoms with Gasteiger partial charge in [0.25, 0.3) is 5.69 Å². The summed E-state index contributed by atoms with van der Waals surface area (Å²) in [6.07, 6.45) is 3.24. The van der Waals surface area contributed by atoms with Crippen molar-refractivity contribution >= 4 is 5.69 Å². The van der Waals surface area contributed by atoms with Gasteiger partial charge >= 0.3 is 0 Å². The standard InChI is InChI=1S/C24H31N3O2/c1-6-23-22(20-13-10-14-21(16-20)27(28)29)15-18(2)26(5)24(23,3)25(4)17-19-11-8-7-9-12-19/h7-16,22-23H,6,17H2,1-5H3. The molecule has 0 spiro atoms. The van der Waals surface area contributed by atoms with Crippen molar-refractivity contribution in [3.05, 3.63) is 87.6 Å². The van der Waals surface area contributed by atoms with Crippen molar-refractivity contribution in [3.63, 3.8) is 0 Å². The molecular formula is C24H31N3O2. The molecule has 0 fully saturated rings. The van der Waals surface area contributed by atoms with E-state index in [0.717, 1.165) is 18.5 Å². The largest absolute Gasteiger partial charge is 0.360 e. The van der Waals surface area contributed by atoms with Crippen LogP contribution in [0.1, 0.15) is 44.2 Å². The van der Waals surface area contributed by atoms with Crippen molar-refractivity contribution in [3.8, 4) is 0 Å². The molecule has 3 rings (SSSR count). The van der Waals surface area contributed by atoms with Crippen LogP contribution in [0, 0.1) is 16.0 Å². The van der Waals surface area contributed by atoms with Gasteiger partial charge in [-0.05, 0) is 38.4 Å². The first kappa shape index (κ1) is 21.1. The Morgan fingerprint density at radius 2 is 1.86 bits per heavy atom. The van der Waals surface area contributed by atoms with Crippen LogP contribution >= 0.6 is 0 Å². The van der Waals surface area contributed by atoms with Crippen LogP contribution in [0.3, 0.4) is 0 Å². The minimum atomic E-state index is -0.309. The van der Waals surface area contributed by atoms with Gasteiger partial charge in [-0.2, -0.15) is 0 Å². The van der Waals surface area contributed by atoms with E-state index in [1.54, 1.807) is 18.2 Å². The number of hydrogen-bond acceptors (Lipinski definition) is 4. The molecule has 0 saturated heterocycles. The fraction of sp³-hybridized carbons (Fsp3) is 0.417. The third-order valence-corrected chi connectivity index (χ3v) is 6.71. The third-order valence-electron chi connectivity index (χ3n) is 6.71. The van der Waals surface area contributed by atoms with Gasteiger partial charge in [0.2, 0.25) is 0 Å². The second-order valence-electron chi connectivity index (χ2n) is 8.20. The van der Waals surface area contributed by atoms with E-state index in [2.05, 4.69) is 75.0 Å². The average Bonchev–Trinajstić information content (AvgIpc) is 2.72. The lowest BCUT2D eigenvalue weighted by Crippen LogP contribution is -2.62. The second-order valence-corrected chi connectivity index (χ2v) is 8.20. The summed E-state index contributed by atoms with van der Waals surface area (Å²) in [6.45, 7) is 7.48. The summed E-state index contributed by atoms with van der Waals surface area (Å²) in [6, 6.07) is 17.6. The molecule has 5 nitrogen and oxygen atoms in total. The smallest absolute Gasteiger partial charge is 0.269 e. The van der Waals surface area contributed by atoms with Crippen LogP contribution in [-0.4, -0.2) is 34.5 Å². The maximum Gasteiger partial charge on any atom is 0.269 e. The molecule has 1 heterocycles.